The van der Waals surface area contributed by atoms with Crippen molar-refractivity contribution in [3.8, 4) is 11.4 Å². The Hall–Kier alpha value is -2.28. The van der Waals surface area contributed by atoms with Gasteiger partial charge in [-0.15, -0.1) is 6.58 Å². The van der Waals surface area contributed by atoms with Gasteiger partial charge in [0.1, 0.15) is 0 Å². The fourth-order valence-corrected chi connectivity index (χ4v) is 2.09. The van der Waals surface area contributed by atoms with Gasteiger partial charge < -0.3 is 0 Å². The Balaban J connectivity index is 2.66. The Morgan fingerprint density at radius 2 is 2.37 bits per heavy atom. The quantitative estimate of drug-likeness (QED) is 0.403. The van der Waals surface area contributed by atoms with E-state index in [1.54, 1.807) is 29.7 Å². The molecule has 0 bridgehead atoms. The minimum Gasteiger partial charge on any atom is -0.296 e. The minimum absolute atomic E-state index is 0.0663. The lowest BCUT2D eigenvalue weighted by atomic mass is 10.1. The number of nitro groups is 1. The lowest BCUT2D eigenvalue weighted by molar-refractivity contribution is -0.385. The van der Waals surface area contributed by atoms with Crippen molar-refractivity contribution < 1.29 is 4.92 Å². The van der Waals surface area contributed by atoms with E-state index in [9.17, 15) is 10.1 Å². The smallest absolute Gasteiger partial charge is 0.273 e. The van der Waals surface area contributed by atoms with Crippen molar-refractivity contribution in [3.05, 3.63) is 51.3 Å². The molecule has 0 aliphatic heterocycles. The van der Waals surface area contributed by atoms with Gasteiger partial charge in [-0.25, -0.2) is 0 Å². The molecule has 0 saturated heterocycles. The van der Waals surface area contributed by atoms with Crippen molar-refractivity contribution in [1.29, 1.82) is 0 Å². The van der Waals surface area contributed by atoms with E-state index in [2.05, 4.69) is 16.8 Å². The first-order valence-corrected chi connectivity index (χ1v) is 5.97. The molecular formula is C12H12N4O2S. The molecule has 0 atom stereocenters. The zero-order valence-corrected chi connectivity index (χ0v) is 11.1. The second-order valence-electron chi connectivity index (χ2n) is 3.96. The number of hydrogen-bond donors (Lipinski definition) is 1. The number of benzene rings is 1. The number of allylic oxidation sites excluding steroid dienone is 1. The number of nitro benzene ring substituents is 1. The van der Waals surface area contributed by atoms with E-state index in [1.807, 2.05) is 0 Å². The zero-order chi connectivity index (χ0) is 14.0. The molecule has 0 fully saturated rings. The molecule has 0 radical (unpaired) electrons. The van der Waals surface area contributed by atoms with E-state index >= 15 is 0 Å². The van der Waals surface area contributed by atoms with E-state index in [0.717, 1.165) is 0 Å². The molecule has 1 aromatic carbocycles. The predicted octanol–water partition coefficient (Wildman–Crippen LogP) is 3.01. The minimum atomic E-state index is -0.405. The van der Waals surface area contributed by atoms with Crippen LogP contribution >= 0.6 is 12.2 Å². The Kier molecular flexibility index (Phi) is 3.57. The van der Waals surface area contributed by atoms with Crippen LogP contribution in [0.4, 0.5) is 5.69 Å². The zero-order valence-electron chi connectivity index (χ0n) is 10.3. The van der Waals surface area contributed by atoms with Gasteiger partial charge in [0.15, 0.2) is 10.6 Å². The molecule has 1 N–H and O–H groups in total. The van der Waals surface area contributed by atoms with Gasteiger partial charge in [-0.05, 0) is 19.1 Å². The third kappa shape index (κ3) is 2.32. The highest BCUT2D eigenvalue weighted by molar-refractivity contribution is 7.71. The summed E-state index contributed by atoms with van der Waals surface area (Å²) in [7, 11) is 0. The number of nitrogens with one attached hydrogen (secondary N) is 1. The van der Waals surface area contributed by atoms with Gasteiger partial charge in [-0.3, -0.25) is 19.8 Å². The van der Waals surface area contributed by atoms with Crippen molar-refractivity contribution in [3.63, 3.8) is 0 Å². The topological polar surface area (TPSA) is 76.8 Å². The van der Waals surface area contributed by atoms with Gasteiger partial charge in [-0.1, -0.05) is 18.2 Å². The fourth-order valence-electron chi connectivity index (χ4n) is 1.89. The number of hydrogen-bond acceptors (Lipinski definition) is 4. The molecule has 19 heavy (non-hydrogen) atoms. The summed E-state index contributed by atoms with van der Waals surface area (Å²) in [4.78, 5) is 10.6. The summed E-state index contributed by atoms with van der Waals surface area (Å²) < 4.78 is 2.20. The number of aromatic amines is 1. The molecule has 0 aliphatic carbocycles. The fraction of sp³-hybridized carbons (Fsp3) is 0.167. The van der Waals surface area contributed by atoms with Crippen LogP contribution in [-0.4, -0.2) is 19.7 Å². The summed E-state index contributed by atoms with van der Waals surface area (Å²) in [5.74, 6) is 0.575. The Morgan fingerprint density at radius 3 is 3.00 bits per heavy atom. The highest BCUT2D eigenvalue weighted by atomic mass is 32.1. The summed E-state index contributed by atoms with van der Waals surface area (Å²) in [5, 5.41) is 17.8. The van der Waals surface area contributed by atoms with Crippen LogP contribution in [-0.2, 0) is 6.54 Å². The highest BCUT2D eigenvalue weighted by Gasteiger charge is 2.17. The molecule has 0 unspecified atom stereocenters. The normalized spacial score (nSPS) is 10.4. The SMILES string of the molecule is C=CCn1c(-c2cccc([N+](=O)[O-])c2C)n[nH]c1=S. The number of H-pyrrole nitrogens is 1. The first kappa shape index (κ1) is 13.2. The van der Waals surface area contributed by atoms with Gasteiger partial charge in [0.25, 0.3) is 5.69 Å². The van der Waals surface area contributed by atoms with Crippen LogP contribution < -0.4 is 0 Å². The summed E-state index contributed by atoms with van der Waals surface area (Å²) in [5.41, 5.74) is 1.31. The van der Waals surface area contributed by atoms with Crippen LogP contribution in [0.1, 0.15) is 5.56 Å². The maximum Gasteiger partial charge on any atom is 0.273 e. The van der Waals surface area contributed by atoms with Crippen LogP contribution in [0.3, 0.4) is 0 Å². The van der Waals surface area contributed by atoms with E-state index in [4.69, 9.17) is 12.2 Å². The Labute approximate surface area is 114 Å². The molecule has 0 saturated carbocycles. The first-order valence-electron chi connectivity index (χ1n) is 5.56. The lowest BCUT2D eigenvalue weighted by Gasteiger charge is -2.07. The Morgan fingerprint density at radius 1 is 1.63 bits per heavy atom. The van der Waals surface area contributed by atoms with E-state index in [1.165, 1.54) is 6.07 Å². The van der Waals surface area contributed by atoms with Gasteiger partial charge in [0.2, 0.25) is 0 Å². The molecule has 0 spiro atoms. The van der Waals surface area contributed by atoms with Gasteiger partial charge >= 0.3 is 0 Å². The van der Waals surface area contributed by atoms with E-state index in [-0.39, 0.29) is 5.69 Å². The second kappa shape index (κ2) is 5.15. The third-order valence-electron chi connectivity index (χ3n) is 2.81. The van der Waals surface area contributed by atoms with Crippen LogP contribution in [0, 0.1) is 21.8 Å². The third-order valence-corrected chi connectivity index (χ3v) is 3.12. The average molecular weight is 276 g/mol. The molecule has 1 heterocycles. The van der Waals surface area contributed by atoms with E-state index < -0.39 is 4.92 Å². The number of aromatic nitrogens is 3. The second-order valence-corrected chi connectivity index (χ2v) is 4.35. The maximum absolute atomic E-state index is 11.0. The van der Waals surface area contributed by atoms with Gasteiger partial charge in [-0.2, -0.15) is 5.10 Å². The molecule has 7 heteroatoms. The summed E-state index contributed by atoms with van der Waals surface area (Å²) in [6.45, 7) is 5.85. The summed E-state index contributed by atoms with van der Waals surface area (Å²) in [6.07, 6.45) is 1.70. The molecule has 98 valence electrons. The Bertz CT molecular complexity index is 702. The molecule has 1 aromatic heterocycles. The highest BCUT2D eigenvalue weighted by Crippen LogP contribution is 2.28. The molecule has 2 rings (SSSR count). The van der Waals surface area contributed by atoms with Crippen molar-refractivity contribution in [2.75, 3.05) is 0 Å². The van der Waals surface area contributed by atoms with Crippen molar-refractivity contribution in [2.24, 2.45) is 0 Å². The van der Waals surface area contributed by atoms with Crippen molar-refractivity contribution in [2.45, 2.75) is 13.5 Å². The maximum atomic E-state index is 11.0. The number of rotatable bonds is 4. The monoisotopic (exact) mass is 276 g/mol. The van der Waals surface area contributed by atoms with Gasteiger partial charge in [0.05, 0.1) is 4.92 Å². The van der Waals surface area contributed by atoms with Crippen LogP contribution in [0.15, 0.2) is 30.9 Å². The predicted molar refractivity (Wildman–Crippen MR) is 74.4 cm³/mol. The standard InChI is InChI=1S/C12H12N4O2S/c1-3-7-15-11(13-14-12(15)19)9-5-4-6-10(8(9)2)16(17)18/h3-6H,1,7H2,2H3,(H,14,19). The van der Waals surface area contributed by atoms with Crippen molar-refractivity contribution in [1.82, 2.24) is 14.8 Å². The lowest BCUT2D eigenvalue weighted by Crippen LogP contribution is -2.01. The van der Waals surface area contributed by atoms with Gasteiger partial charge in [0, 0.05) is 23.7 Å². The summed E-state index contributed by atoms with van der Waals surface area (Å²) in [6, 6.07) is 4.89. The molecule has 0 aliphatic rings. The van der Waals surface area contributed by atoms with E-state index in [0.29, 0.717) is 28.3 Å². The molecule has 2 aromatic rings. The van der Waals surface area contributed by atoms with Crippen molar-refractivity contribution >= 4 is 17.9 Å². The largest absolute Gasteiger partial charge is 0.296 e. The molecular weight excluding hydrogens is 264 g/mol. The van der Waals surface area contributed by atoms with Crippen LogP contribution in [0.5, 0.6) is 0 Å². The number of nitrogens with zero attached hydrogens (tertiary/aromatic N) is 3. The average Bonchev–Trinajstić information content (AvgIpc) is 2.72. The first-order chi connectivity index (χ1) is 9.06. The van der Waals surface area contributed by atoms with Crippen LogP contribution in [0.2, 0.25) is 0 Å². The molecule has 0 amide bonds. The molecule has 6 nitrogen and oxygen atoms in total. The summed E-state index contributed by atoms with van der Waals surface area (Å²) >= 11 is 5.13. The van der Waals surface area contributed by atoms with Crippen LogP contribution in [0.25, 0.3) is 11.4 Å².